The van der Waals surface area contributed by atoms with E-state index in [1.54, 1.807) is 49.6 Å². The molecule has 0 spiro atoms. The monoisotopic (exact) mass is 333 g/mol. The summed E-state index contributed by atoms with van der Waals surface area (Å²) in [6.45, 7) is 1.39. The highest BCUT2D eigenvalue weighted by atomic mass is 35.5. The Morgan fingerprint density at radius 2 is 1.57 bits per heavy atom. The summed E-state index contributed by atoms with van der Waals surface area (Å²) in [4.78, 5) is 23.0. The molecule has 0 radical (unpaired) electrons. The largest absolute Gasteiger partial charge is 0.497 e. The molecule has 0 aromatic heterocycles. The molecule has 0 heterocycles. The normalized spacial score (nSPS) is 9.87. The van der Waals surface area contributed by atoms with E-state index in [-0.39, 0.29) is 5.91 Å². The van der Waals surface area contributed by atoms with Crippen LogP contribution >= 0.6 is 11.6 Å². The lowest BCUT2D eigenvalue weighted by Gasteiger charge is -2.10. The molecule has 3 N–H and O–H groups in total. The summed E-state index contributed by atoms with van der Waals surface area (Å²) >= 11 is 6.05. The van der Waals surface area contributed by atoms with Crippen LogP contribution in [0.4, 0.5) is 21.9 Å². The van der Waals surface area contributed by atoms with Crippen molar-refractivity contribution < 1.29 is 14.3 Å². The topological polar surface area (TPSA) is 79.5 Å². The number of ether oxygens (including phenoxy) is 1. The summed E-state index contributed by atoms with van der Waals surface area (Å²) in [6.07, 6.45) is 0. The molecule has 0 unspecified atom stereocenters. The summed E-state index contributed by atoms with van der Waals surface area (Å²) in [6, 6.07) is 11.4. The second kappa shape index (κ2) is 7.51. The molecule has 0 atom stereocenters. The van der Waals surface area contributed by atoms with E-state index in [9.17, 15) is 9.59 Å². The maximum absolute atomic E-state index is 11.9. The van der Waals surface area contributed by atoms with E-state index in [2.05, 4.69) is 16.0 Å². The molecular weight excluding hydrogens is 318 g/mol. The number of carbonyl (C=O) groups is 2. The van der Waals surface area contributed by atoms with Crippen molar-refractivity contribution >= 4 is 40.6 Å². The predicted octanol–water partition coefficient (Wildman–Crippen LogP) is 3.95. The zero-order valence-corrected chi connectivity index (χ0v) is 13.4. The van der Waals surface area contributed by atoms with E-state index in [1.807, 2.05) is 0 Å². The molecule has 2 rings (SSSR count). The van der Waals surface area contributed by atoms with Crippen LogP contribution in [0.5, 0.6) is 5.75 Å². The minimum atomic E-state index is -0.404. The van der Waals surface area contributed by atoms with Crippen molar-refractivity contribution in [2.24, 2.45) is 0 Å². The lowest BCUT2D eigenvalue weighted by atomic mass is 10.2. The average molecular weight is 334 g/mol. The minimum Gasteiger partial charge on any atom is -0.497 e. The maximum atomic E-state index is 11.9. The van der Waals surface area contributed by atoms with Gasteiger partial charge in [0.25, 0.3) is 0 Å². The Labute approximate surface area is 138 Å². The summed E-state index contributed by atoms with van der Waals surface area (Å²) in [5, 5.41) is 8.28. The maximum Gasteiger partial charge on any atom is 0.323 e. The van der Waals surface area contributed by atoms with E-state index in [0.29, 0.717) is 27.8 Å². The second-order valence-corrected chi connectivity index (χ2v) is 5.09. The Kier molecular flexibility index (Phi) is 5.43. The zero-order chi connectivity index (χ0) is 16.8. The highest BCUT2D eigenvalue weighted by Gasteiger charge is 2.07. The number of hydrogen-bond acceptors (Lipinski definition) is 3. The van der Waals surface area contributed by atoms with Gasteiger partial charge in [0.05, 0.1) is 17.8 Å². The van der Waals surface area contributed by atoms with E-state index >= 15 is 0 Å². The summed E-state index contributed by atoms with van der Waals surface area (Å²) in [7, 11) is 1.57. The average Bonchev–Trinajstić information content (AvgIpc) is 2.50. The molecule has 120 valence electrons. The van der Waals surface area contributed by atoms with Gasteiger partial charge in [0.1, 0.15) is 5.75 Å². The van der Waals surface area contributed by atoms with Crippen molar-refractivity contribution in [2.45, 2.75) is 6.92 Å². The highest BCUT2D eigenvalue weighted by molar-refractivity contribution is 6.34. The van der Waals surface area contributed by atoms with Crippen LogP contribution in [0, 0.1) is 0 Å². The fraction of sp³-hybridized carbons (Fsp3) is 0.125. The number of amides is 3. The molecule has 0 bridgehead atoms. The summed E-state index contributed by atoms with van der Waals surface area (Å²) in [5.41, 5.74) is 1.62. The number of urea groups is 1. The minimum absolute atomic E-state index is 0.218. The molecule has 2 aromatic carbocycles. The van der Waals surface area contributed by atoms with Gasteiger partial charge in [0.2, 0.25) is 5.91 Å². The Bertz CT molecular complexity index is 717. The Morgan fingerprint density at radius 3 is 2.13 bits per heavy atom. The molecule has 23 heavy (non-hydrogen) atoms. The van der Waals surface area contributed by atoms with Crippen LogP contribution in [0.3, 0.4) is 0 Å². The Balaban J connectivity index is 1.99. The van der Waals surface area contributed by atoms with Crippen molar-refractivity contribution in [3.05, 3.63) is 47.5 Å². The molecule has 0 aliphatic rings. The number of hydrogen-bond donors (Lipinski definition) is 3. The second-order valence-electron chi connectivity index (χ2n) is 4.68. The fourth-order valence-electron chi connectivity index (χ4n) is 1.85. The third-order valence-corrected chi connectivity index (χ3v) is 3.20. The van der Waals surface area contributed by atoms with E-state index in [4.69, 9.17) is 16.3 Å². The number of nitrogens with one attached hydrogen (secondary N) is 3. The standard InChI is InChI=1S/C16H16ClN3O3/c1-10(21)18-15-8-5-12(9-14(15)17)20-16(22)19-11-3-6-13(23-2)7-4-11/h3-9H,1-2H3,(H,18,21)(H2,19,20,22). The van der Waals surface area contributed by atoms with Gasteiger partial charge in [-0.2, -0.15) is 0 Å². The van der Waals surface area contributed by atoms with Crippen LogP contribution in [-0.2, 0) is 4.79 Å². The Hall–Kier alpha value is -2.73. The van der Waals surface area contributed by atoms with Crippen LogP contribution in [0.1, 0.15) is 6.92 Å². The number of rotatable bonds is 4. The molecule has 7 heteroatoms. The van der Waals surface area contributed by atoms with Crippen molar-refractivity contribution in [3.63, 3.8) is 0 Å². The molecule has 2 aromatic rings. The number of halogens is 1. The predicted molar refractivity (Wildman–Crippen MR) is 91.4 cm³/mol. The highest BCUT2D eigenvalue weighted by Crippen LogP contribution is 2.25. The van der Waals surface area contributed by atoms with Gasteiger partial charge >= 0.3 is 6.03 Å². The van der Waals surface area contributed by atoms with Gasteiger partial charge in [-0.25, -0.2) is 4.79 Å². The van der Waals surface area contributed by atoms with Gasteiger partial charge in [-0.05, 0) is 42.5 Å². The lowest BCUT2D eigenvalue weighted by Crippen LogP contribution is -2.19. The van der Waals surface area contributed by atoms with Gasteiger partial charge in [0.15, 0.2) is 0 Å². The molecule has 0 aliphatic carbocycles. The smallest absolute Gasteiger partial charge is 0.323 e. The van der Waals surface area contributed by atoms with E-state index in [1.165, 1.54) is 6.92 Å². The van der Waals surface area contributed by atoms with Crippen LogP contribution in [0.25, 0.3) is 0 Å². The molecule has 6 nitrogen and oxygen atoms in total. The number of anilines is 3. The van der Waals surface area contributed by atoms with Crippen molar-refractivity contribution in [1.29, 1.82) is 0 Å². The summed E-state index contributed by atoms with van der Waals surface area (Å²) in [5.74, 6) is 0.487. The zero-order valence-electron chi connectivity index (χ0n) is 12.6. The SMILES string of the molecule is COc1ccc(NC(=O)Nc2ccc(NC(C)=O)c(Cl)c2)cc1. The third kappa shape index (κ3) is 4.89. The third-order valence-electron chi connectivity index (χ3n) is 2.89. The van der Waals surface area contributed by atoms with Crippen LogP contribution in [0.15, 0.2) is 42.5 Å². The van der Waals surface area contributed by atoms with Gasteiger partial charge in [0, 0.05) is 18.3 Å². The molecule has 0 saturated carbocycles. The van der Waals surface area contributed by atoms with Crippen LogP contribution in [-0.4, -0.2) is 19.0 Å². The van der Waals surface area contributed by atoms with E-state index in [0.717, 1.165) is 0 Å². The van der Waals surface area contributed by atoms with Gasteiger partial charge in [-0.3, -0.25) is 4.79 Å². The first kappa shape index (κ1) is 16.6. The van der Waals surface area contributed by atoms with Gasteiger partial charge in [-0.15, -0.1) is 0 Å². The Morgan fingerprint density at radius 1 is 0.957 bits per heavy atom. The number of methoxy groups -OCH3 is 1. The molecular formula is C16H16ClN3O3. The van der Waals surface area contributed by atoms with Gasteiger partial charge in [-0.1, -0.05) is 11.6 Å². The van der Waals surface area contributed by atoms with Crippen molar-refractivity contribution in [3.8, 4) is 5.75 Å². The fourth-order valence-corrected chi connectivity index (χ4v) is 2.08. The number of carbonyl (C=O) groups excluding carboxylic acids is 2. The molecule has 0 fully saturated rings. The number of benzene rings is 2. The summed E-state index contributed by atoms with van der Waals surface area (Å²) < 4.78 is 5.05. The first-order valence-electron chi connectivity index (χ1n) is 6.77. The first-order chi connectivity index (χ1) is 11.0. The van der Waals surface area contributed by atoms with Crippen LogP contribution < -0.4 is 20.7 Å². The van der Waals surface area contributed by atoms with Crippen LogP contribution in [0.2, 0.25) is 5.02 Å². The van der Waals surface area contributed by atoms with Crippen molar-refractivity contribution in [2.75, 3.05) is 23.1 Å². The lowest BCUT2D eigenvalue weighted by molar-refractivity contribution is -0.114. The first-order valence-corrected chi connectivity index (χ1v) is 7.15. The van der Waals surface area contributed by atoms with Crippen molar-refractivity contribution in [1.82, 2.24) is 0 Å². The molecule has 0 aliphatic heterocycles. The van der Waals surface area contributed by atoms with E-state index < -0.39 is 6.03 Å². The quantitative estimate of drug-likeness (QED) is 0.792. The van der Waals surface area contributed by atoms with Gasteiger partial charge < -0.3 is 20.7 Å². The molecule has 0 saturated heterocycles. The molecule has 3 amide bonds.